The largest absolute Gasteiger partial charge is 0.316 e. The van der Waals surface area contributed by atoms with Gasteiger partial charge in [0.05, 0.1) is 0 Å². The molecule has 2 nitrogen and oxygen atoms in total. The summed E-state index contributed by atoms with van der Waals surface area (Å²) in [6.07, 6.45) is 1.61. The van der Waals surface area contributed by atoms with Gasteiger partial charge in [0, 0.05) is 24.3 Å². The molecule has 2 fully saturated rings. The van der Waals surface area contributed by atoms with E-state index in [4.69, 9.17) is 0 Å². The van der Waals surface area contributed by atoms with Gasteiger partial charge < -0.3 is 5.32 Å². The maximum Gasteiger partial charge on any atom is 0.137 e. The topological polar surface area (TPSA) is 29.1 Å². The molecule has 2 heteroatoms. The summed E-state index contributed by atoms with van der Waals surface area (Å²) in [6, 6.07) is 21.6. The fraction of sp³-hybridized carbons (Fsp3) is 0.350. The van der Waals surface area contributed by atoms with Gasteiger partial charge in [-0.3, -0.25) is 4.79 Å². The van der Waals surface area contributed by atoms with Gasteiger partial charge in [-0.2, -0.15) is 0 Å². The number of nitrogens with one attached hydrogen (secondary N) is 1. The molecule has 1 saturated heterocycles. The second-order valence-electron chi connectivity index (χ2n) is 6.54. The fourth-order valence-electron chi connectivity index (χ4n) is 4.58. The number of Topliss-reactive ketones (excluding diaryl/α,β-unsaturated/α-hetero) is 1. The van der Waals surface area contributed by atoms with Gasteiger partial charge >= 0.3 is 0 Å². The average Bonchev–Trinajstić information content (AvgIpc) is 3.08. The van der Waals surface area contributed by atoms with E-state index in [2.05, 4.69) is 66.0 Å². The van der Waals surface area contributed by atoms with E-state index in [1.165, 1.54) is 11.1 Å². The van der Waals surface area contributed by atoms with E-state index in [0.717, 1.165) is 19.5 Å². The second-order valence-corrected chi connectivity index (χ2v) is 6.54. The Bertz CT molecular complexity index is 625. The Hall–Kier alpha value is -1.93. The van der Waals surface area contributed by atoms with Crippen LogP contribution < -0.4 is 5.32 Å². The lowest BCUT2D eigenvalue weighted by molar-refractivity contribution is -0.126. The van der Waals surface area contributed by atoms with Crippen LogP contribution in [0.5, 0.6) is 0 Å². The lowest BCUT2D eigenvalue weighted by atomic mass is 9.56. The molecule has 1 N–H and O–H groups in total. The Morgan fingerprint density at radius 3 is 2.05 bits per heavy atom. The molecule has 2 aromatic carbocycles. The maximum atomic E-state index is 12.4. The highest BCUT2D eigenvalue weighted by molar-refractivity contribution is 5.84. The highest BCUT2D eigenvalue weighted by atomic mass is 16.1. The molecule has 112 valence electrons. The number of hydrogen-bond acceptors (Lipinski definition) is 2. The van der Waals surface area contributed by atoms with Gasteiger partial charge in [-0.25, -0.2) is 0 Å². The number of carbonyl (C=O) groups is 1. The predicted octanol–water partition coefficient (Wildman–Crippen LogP) is 3.17. The molecule has 1 heterocycles. The van der Waals surface area contributed by atoms with Crippen LogP contribution in [0.4, 0.5) is 0 Å². The molecular formula is C20H21NO. The van der Waals surface area contributed by atoms with Crippen LogP contribution in [0.15, 0.2) is 60.7 Å². The van der Waals surface area contributed by atoms with E-state index < -0.39 is 0 Å². The molecule has 0 bridgehead atoms. The van der Waals surface area contributed by atoms with Crippen molar-refractivity contribution in [1.29, 1.82) is 0 Å². The monoisotopic (exact) mass is 291 g/mol. The van der Waals surface area contributed by atoms with E-state index in [1.807, 2.05) is 0 Å². The molecule has 1 saturated carbocycles. The summed E-state index contributed by atoms with van der Waals surface area (Å²) in [7, 11) is 0. The number of benzene rings is 2. The van der Waals surface area contributed by atoms with Crippen LogP contribution in [-0.4, -0.2) is 18.9 Å². The fourth-order valence-corrected chi connectivity index (χ4v) is 4.58. The first-order chi connectivity index (χ1) is 10.8. The smallest absolute Gasteiger partial charge is 0.137 e. The summed E-state index contributed by atoms with van der Waals surface area (Å²) < 4.78 is 0. The van der Waals surface area contributed by atoms with Crippen molar-refractivity contribution in [2.24, 2.45) is 11.8 Å². The van der Waals surface area contributed by atoms with Crippen LogP contribution in [0.1, 0.15) is 24.0 Å². The Balaban J connectivity index is 1.92. The van der Waals surface area contributed by atoms with Crippen LogP contribution in [0.3, 0.4) is 0 Å². The van der Waals surface area contributed by atoms with Crippen LogP contribution in [0.25, 0.3) is 0 Å². The predicted molar refractivity (Wildman–Crippen MR) is 87.8 cm³/mol. The van der Waals surface area contributed by atoms with Gasteiger partial charge in [-0.15, -0.1) is 0 Å². The number of rotatable bonds is 2. The molecular weight excluding hydrogens is 270 g/mol. The molecule has 0 radical (unpaired) electrons. The van der Waals surface area contributed by atoms with Crippen LogP contribution in [0, 0.1) is 11.8 Å². The van der Waals surface area contributed by atoms with Crippen LogP contribution >= 0.6 is 0 Å². The first kappa shape index (κ1) is 13.7. The summed E-state index contributed by atoms with van der Waals surface area (Å²) in [4.78, 5) is 12.4. The van der Waals surface area contributed by atoms with E-state index >= 15 is 0 Å². The molecule has 1 aliphatic heterocycles. The lowest BCUT2D eigenvalue weighted by Gasteiger charge is -2.45. The van der Waals surface area contributed by atoms with Gasteiger partial charge in [0.1, 0.15) is 5.78 Å². The third-order valence-corrected chi connectivity index (χ3v) is 5.60. The molecule has 1 aliphatic carbocycles. The molecule has 22 heavy (non-hydrogen) atoms. The summed E-state index contributed by atoms with van der Waals surface area (Å²) in [5.74, 6) is 0.963. The van der Waals surface area contributed by atoms with E-state index in [0.29, 0.717) is 18.1 Å². The second kappa shape index (κ2) is 5.36. The van der Waals surface area contributed by atoms with Gasteiger partial charge in [0.2, 0.25) is 0 Å². The standard InChI is InChI=1S/C20H21NO/c22-19-11-12-20(15-7-3-1-4-8-15,16-9-5-2-6-10-16)18-14-21-13-17(18)19/h1-10,17-18,21H,11-14H2/t17?,18-/m1/s1. The molecule has 1 unspecified atom stereocenters. The third-order valence-electron chi connectivity index (χ3n) is 5.60. The quantitative estimate of drug-likeness (QED) is 0.921. The zero-order valence-electron chi connectivity index (χ0n) is 12.7. The lowest BCUT2D eigenvalue weighted by Crippen LogP contribution is -2.47. The highest BCUT2D eigenvalue weighted by Gasteiger charge is 2.52. The van der Waals surface area contributed by atoms with Crippen LogP contribution in [0.2, 0.25) is 0 Å². The highest BCUT2D eigenvalue weighted by Crippen LogP contribution is 2.50. The van der Waals surface area contributed by atoms with E-state index in [1.54, 1.807) is 0 Å². The van der Waals surface area contributed by atoms with Crippen molar-refractivity contribution in [2.75, 3.05) is 13.1 Å². The van der Waals surface area contributed by atoms with E-state index in [-0.39, 0.29) is 11.3 Å². The third kappa shape index (κ3) is 1.94. The Kier molecular flexibility index (Phi) is 3.34. The van der Waals surface area contributed by atoms with Crippen LogP contribution in [-0.2, 0) is 10.2 Å². The molecule has 0 spiro atoms. The molecule has 4 rings (SSSR count). The SMILES string of the molecule is O=C1CCC(c2ccccc2)(c2ccccc2)[C@@H]2CNCC12. The molecule has 2 aliphatic rings. The first-order valence-electron chi connectivity index (χ1n) is 8.17. The van der Waals surface area contributed by atoms with Gasteiger partial charge in [-0.05, 0) is 30.0 Å². The Morgan fingerprint density at radius 2 is 1.45 bits per heavy atom. The van der Waals surface area contributed by atoms with Gasteiger partial charge in [0.15, 0.2) is 0 Å². The summed E-state index contributed by atoms with van der Waals surface area (Å²) in [6.45, 7) is 1.77. The Morgan fingerprint density at radius 1 is 0.864 bits per heavy atom. The minimum Gasteiger partial charge on any atom is -0.316 e. The minimum absolute atomic E-state index is 0.0371. The number of fused-ring (bicyclic) bond motifs is 1. The van der Waals surface area contributed by atoms with Crippen molar-refractivity contribution < 1.29 is 4.79 Å². The van der Waals surface area contributed by atoms with Crippen molar-refractivity contribution in [3.63, 3.8) is 0 Å². The van der Waals surface area contributed by atoms with Crippen molar-refractivity contribution in [1.82, 2.24) is 5.32 Å². The molecule has 0 amide bonds. The summed E-state index contributed by atoms with van der Waals surface area (Å²) in [5, 5.41) is 3.47. The molecule has 2 aromatic rings. The van der Waals surface area contributed by atoms with E-state index in [9.17, 15) is 4.79 Å². The zero-order chi connectivity index (χ0) is 15.0. The first-order valence-corrected chi connectivity index (χ1v) is 8.17. The average molecular weight is 291 g/mol. The minimum atomic E-state index is -0.0371. The van der Waals surface area contributed by atoms with Gasteiger partial charge in [0.25, 0.3) is 0 Å². The number of carbonyl (C=O) groups excluding carboxylic acids is 1. The summed E-state index contributed by atoms with van der Waals surface area (Å²) >= 11 is 0. The zero-order valence-corrected chi connectivity index (χ0v) is 12.7. The van der Waals surface area contributed by atoms with Crippen molar-refractivity contribution >= 4 is 5.78 Å². The Labute approximate surface area is 131 Å². The van der Waals surface area contributed by atoms with Crippen molar-refractivity contribution in [3.8, 4) is 0 Å². The van der Waals surface area contributed by atoms with Gasteiger partial charge in [-0.1, -0.05) is 60.7 Å². The van der Waals surface area contributed by atoms with Crippen molar-refractivity contribution in [3.05, 3.63) is 71.8 Å². The number of hydrogen-bond donors (Lipinski definition) is 1. The number of ketones is 1. The van der Waals surface area contributed by atoms with Crippen molar-refractivity contribution in [2.45, 2.75) is 18.3 Å². The maximum absolute atomic E-state index is 12.4. The summed E-state index contributed by atoms with van der Waals surface area (Å²) in [5.41, 5.74) is 2.67. The molecule has 2 atom stereocenters. The molecule has 0 aromatic heterocycles. The normalized spacial score (nSPS) is 26.6.